The monoisotopic (exact) mass is 279 g/mol. The molecule has 2 heterocycles. The largest absolute Gasteiger partial charge is 0.480 e. The van der Waals surface area contributed by atoms with Gasteiger partial charge < -0.3 is 14.6 Å². The summed E-state index contributed by atoms with van der Waals surface area (Å²) in [5, 5.41) is 8.87. The first-order chi connectivity index (χ1) is 9.31. The quantitative estimate of drug-likeness (QED) is 0.886. The van der Waals surface area contributed by atoms with Gasteiger partial charge in [0.2, 0.25) is 0 Å². The number of aromatic nitrogens is 1. The molecule has 1 aromatic heterocycles. The number of aliphatic carboxylic acids is 1. The fourth-order valence-corrected chi connectivity index (χ4v) is 2.47. The predicted molar refractivity (Wildman–Crippen MR) is 74.7 cm³/mol. The second-order valence-electron chi connectivity index (χ2n) is 5.88. The lowest BCUT2D eigenvalue weighted by atomic mass is 9.99. The molecule has 20 heavy (non-hydrogen) atoms. The van der Waals surface area contributed by atoms with Crippen LogP contribution in [0.25, 0.3) is 0 Å². The van der Waals surface area contributed by atoms with Crippen LogP contribution < -0.4 is 0 Å². The van der Waals surface area contributed by atoms with Gasteiger partial charge in [-0.3, -0.25) is 14.5 Å². The van der Waals surface area contributed by atoms with Crippen molar-refractivity contribution in [3.63, 3.8) is 0 Å². The smallest absolute Gasteiger partial charge is 0.323 e. The van der Waals surface area contributed by atoms with E-state index in [-0.39, 0.29) is 18.0 Å². The minimum absolute atomic E-state index is 0.0713. The highest BCUT2D eigenvalue weighted by Crippen LogP contribution is 2.20. The molecular formula is C14H21N3O3. The Labute approximate surface area is 118 Å². The first-order valence-electron chi connectivity index (χ1n) is 6.69. The van der Waals surface area contributed by atoms with Gasteiger partial charge in [-0.2, -0.15) is 0 Å². The van der Waals surface area contributed by atoms with E-state index in [0.717, 1.165) is 6.54 Å². The number of carboxylic acids is 1. The molecule has 0 radical (unpaired) electrons. The van der Waals surface area contributed by atoms with E-state index in [0.29, 0.717) is 18.8 Å². The van der Waals surface area contributed by atoms with Gasteiger partial charge in [-0.1, -0.05) is 0 Å². The molecule has 1 aromatic rings. The second-order valence-corrected chi connectivity index (χ2v) is 5.88. The van der Waals surface area contributed by atoms with Gasteiger partial charge in [0.15, 0.2) is 0 Å². The van der Waals surface area contributed by atoms with Crippen LogP contribution in [0.2, 0.25) is 0 Å². The molecular weight excluding hydrogens is 258 g/mol. The molecule has 6 nitrogen and oxygen atoms in total. The van der Waals surface area contributed by atoms with Gasteiger partial charge in [-0.05, 0) is 33.0 Å². The molecule has 1 fully saturated rings. The summed E-state index contributed by atoms with van der Waals surface area (Å²) in [7, 11) is 2.05. The third-order valence-corrected chi connectivity index (χ3v) is 3.96. The van der Waals surface area contributed by atoms with E-state index >= 15 is 0 Å². The minimum atomic E-state index is -0.950. The molecule has 0 spiro atoms. The molecule has 0 aliphatic carbocycles. The number of carbonyl (C=O) groups excluding carboxylic acids is 1. The van der Waals surface area contributed by atoms with Gasteiger partial charge in [0.1, 0.15) is 12.2 Å². The van der Waals surface area contributed by atoms with E-state index in [1.807, 2.05) is 0 Å². The number of piperazine rings is 1. The lowest BCUT2D eigenvalue weighted by molar-refractivity contribution is -0.137. The van der Waals surface area contributed by atoms with Crippen molar-refractivity contribution in [1.82, 2.24) is 14.4 Å². The number of amides is 1. The summed E-state index contributed by atoms with van der Waals surface area (Å²) in [6.45, 7) is 6.13. The average Bonchev–Trinajstić information content (AvgIpc) is 2.79. The number of nitrogens with zero attached hydrogens (tertiary/aromatic N) is 3. The molecule has 0 atom stereocenters. The zero-order chi connectivity index (χ0) is 14.9. The maximum absolute atomic E-state index is 12.6. The number of likely N-dealkylation sites (N-methyl/N-ethyl adjacent to an activating group) is 1. The Hall–Kier alpha value is -1.82. The second kappa shape index (κ2) is 5.28. The van der Waals surface area contributed by atoms with Crippen molar-refractivity contribution in [1.29, 1.82) is 0 Å². The third kappa shape index (κ3) is 2.85. The fraction of sp³-hybridized carbons (Fsp3) is 0.571. The molecule has 0 bridgehead atoms. The Balaban J connectivity index is 2.16. The molecule has 0 unspecified atom stereocenters. The molecule has 1 aliphatic rings. The Morgan fingerprint density at radius 1 is 1.35 bits per heavy atom. The van der Waals surface area contributed by atoms with E-state index in [4.69, 9.17) is 5.11 Å². The number of hydrogen-bond donors (Lipinski definition) is 1. The number of hydrogen-bond acceptors (Lipinski definition) is 3. The van der Waals surface area contributed by atoms with Crippen molar-refractivity contribution in [2.75, 3.05) is 26.7 Å². The van der Waals surface area contributed by atoms with Crippen LogP contribution in [0.3, 0.4) is 0 Å². The maximum atomic E-state index is 12.6. The standard InChI is InChI=1S/C14H21N3O3/c1-14(2)10-17(8-7-15(14)3)13(20)11-5-4-6-16(11)9-12(18)19/h4-6H,7-10H2,1-3H3,(H,18,19). The highest BCUT2D eigenvalue weighted by molar-refractivity contribution is 5.93. The lowest BCUT2D eigenvalue weighted by Crippen LogP contribution is -2.59. The van der Waals surface area contributed by atoms with Crippen molar-refractivity contribution in [2.24, 2.45) is 0 Å². The van der Waals surface area contributed by atoms with E-state index in [9.17, 15) is 9.59 Å². The van der Waals surface area contributed by atoms with E-state index in [2.05, 4.69) is 25.8 Å². The molecule has 1 N–H and O–H groups in total. The number of carboxylic acid groups (broad SMARTS) is 1. The molecule has 1 amide bonds. The molecule has 6 heteroatoms. The summed E-state index contributed by atoms with van der Waals surface area (Å²) in [5.74, 6) is -1.05. The highest BCUT2D eigenvalue weighted by Gasteiger charge is 2.34. The van der Waals surface area contributed by atoms with Crippen LogP contribution in [0, 0.1) is 0 Å². The number of carbonyl (C=O) groups is 2. The van der Waals surface area contributed by atoms with Crippen LogP contribution in [-0.4, -0.2) is 63.6 Å². The predicted octanol–water partition coefficient (Wildman–Crippen LogP) is 0.739. The molecule has 2 rings (SSSR count). The van der Waals surface area contributed by atoms with E-state index < -0.39 is 5.97 Å². The van der Waals surface area contributed by atoms with Gasteiger partial charge in [0, 0.05) is 31.4 Å². The summed E-state index contributed by atoms with van der Waals surface area (Å²) in [6, 6.07) is 3.38. The molecule has 0 saturated carbocycles. The van der Waals surface area contributed by atoms with E-state index in [1.165, 1.54) is 4.57 Å². The van der Waals surface area contributed by atoms with E-state index in [1.54, 1.807) is 23.2 Å². The lowest BCUT2D eigenvalue weighted by Gasteiger charge is -2.45. The summed E-state index contributed by atoms with van der Waals surface area (Å²) >= 11 is 0. The van der Waals surface area contributed by atoms with Crippen LogP contribution in [0.4, 0.5) is 0 Å². The Bertz CT molecular complexity index is 521. The fourth-order valence-electron chi connectivity index (χ4n) is 2.47. The van der Waals surface area contributed by atoms with Crippen molar-refractivity contribution in [3.8, 4) is 0 Å². The highest BCUT2D eigenvalue weighted by atomic mass is 16.4. The van der Waals surface area contributed by atoms with Crippen LogP contribution in [0.5, 0.6) is 0 Å². The molecule has 1 aliphatic heterocycles. The zero-order valence-electron chi connectivity index (χ0n) is 12.2. The van der Waals surface area contributed by atoms with Crippen LogP contribution >= 0.6 is 0 Å². The Morgan fingerprint density at radius 2 is 2.05 bits per heavy atom. The van der Waals surface area contributed by atoms with Gasteiger partial charge in [-0.15, -0.1) is 0 Å². The first kappa shape index (κ1) is 14.6. The minimum Gasteiger partial charge on any atom is -0.480 e. The number of rotatable bonds is 3. The van der Waals surface area contributed by atoms with Crippen molar-refractivity contribution < 1.29 is 14.7 Å². The normalized spacial score (nSPS) is 19.1. The first-order valence-corrected chi connectivity index (χ1v) is 6.69. The van der Waals surface area contributed by atoms with Gasteiger partial charge in [0.05, 0.1) is 0 Å². The van der Waals surface area contributed by atoms with Crippen molar-refractivity contribution >= 4 is 11.9 Å². The summed E-state index contributed by atoms with van der Waals surface area (Å²) in [6.07, 6.45) is 1.63. The van der Waals surface area contributed by atoms with Crippen molar-refractivity contribution in [3.05, 3.63) is 24.0 Å². The molecule has 0 aromatic carbocycles. The zero-order valence-corrected chi connectivity index (χ0v) is 12.2. The van der Waals surface area contributed by atoms with Crippen molar-refractivity contribution in [2.45, 2.75) is 25.9 Å². The summed E-state index contributed by atoms with van der Waals surface area (Å²) in [4.78, 5) is 27.4. The Morgan fingerprint density at radius 3 is 2.65 bits per heavy atom. The molecule has 1 saturated heterocycles. The molecule has 110 valence electrons. The topological polar surface area (TPSA) is 65.8 Å². The van der Waals surface area contributed by atoms with Crippen LogP contribution in [-0.2, 0) is 11.3 Å². The third-order valence-electron chi connectivity index (χ3n) is 3.96. The van der Waals surface area contributed by atoms with Gasteiger partial charge in [0.25, 0.3) is 5.91 Å². The van der Waals surface area contributed by atoms with Crippen LogP contribution in [0.15, 0.2) is 18.3 Å². The summed E-state index contributed by atoms with van der Waals surface area (Å²) < 4.78 is 1.48. The van der Waals surface area contributed by atoms with Gasteiger partial charge in [-0.25, -0.2) is 0 Å². The SMILES string of the molecule is CN1CCN(C(=O)c2cccn2CC(=O)O)CC1(C)C. The maximum Gasteiger partial charge on any atom is 0.323 e. The van der Waals surface area contributed by atoms with Crippen LogP contribution in [0.1, 0.15) is 24.3 Å². The summed E-state index contributed by atoms with van der Waals surface area (Å²) in [5.41, 5.74) is 0.366. The average molecular weight is 279 g/mol. The Kier molecular flexibility index (Phi) is 3.85. The van der Waals surface area contributed by atoms with Gasteiger partial charge >= 0.3 is 5.97 Å².